The highest BCUT2D eigenvalue weighted by molar-refractivity contribution is 7.15. The maximum Gasteiger partial charge on any atom is 0.257 e. The summed E-state index contributed by atoms with van der Waals surface area (Å²) in [5.74, 6) is 0.417. The summed E-state index contributed by atoms with van der Waals surface area (Å²) < 4.78 is 0. The van der Waals surface area contributed by atoms with Gasteiger partial charge in [-0.05, 0) is 62.5 Å². The van der Waals surface area contributed by atoms with E-state index >= 15 is 0 Å². The Morgan fingerprint density at radius 1 is 1.15 bits per heavy atom. The van der Waals surface area contributed by atoms with Gasteiger partial charge in [0, 0.05) is 28.4 Å². The van der Waals surface area contributed by atoms with Gasteiger partial charge in [-0.15, -0.1) is 11.3 Å². The first kappa shape index (κ1) is 17.8. The van der Waals surface area contributed by atoms with E-state index in [1.807, 2.05) is 49.5 Å². The van der Waals surface area contributed by atoms with Crippen LogP contribution in [0.5, 0.6) is 0 Å². The van der Waals surface area contributed by atoms with E-state index in [1.54, 1.807) is 17.5 Å². The molecule has 1 amide bonds. The van der Waals surface area contributed by atoms with E-state index in [9.17, 15) is 4.79 Å². The molecule has 1 aromatic carbocycles. The number of nitrogens with one attached hydrogen (secondary N) is 2. The fourth-order valence-corrected chi connectivity index (χ4v) is 4.47. The number of aromatic nitrogens is 2. The van der Waals surface area contributed by atoms with Crippen LogP contribution in [0.3, 0.4) is 0 Å². The molecule has 138 valence electrons. The van der Waals surface area contributed by atoms with E-state index in [4.69, 9.17) is 0 Å². The van der Waals surface area contributed by atoms with Crippen LogP contribution in [0.1, 0.15) is 39.6 Å². The number of nitrogens with zero attached hydrogens (tertiary/aromatic N) is 2. The van der Waals surface area contributed by atoms with Crippen LogP contribution < -0.4 is 10.6 Å². The van der Waals surface area contributed by atoms with Crippen LogP contribution in [0.2, 0.25) is 0 Å². The van der Waals surface area contributed by atoms with Gasteiger partial charge < -0.3 is 5.32 Å². The summed E-state index contributed by atoms with van der Waals surface area (Å²) in [5, 5.41) is 7.01. The first-order valence-electron chi connectivity index (χ1n) is 9.21. The molecule has 2 N–H and O–H groups in total. The largest absolute Gasteiger partial charge is 0.317 e. The summed E-state index contributed by atoms with van der Waals surface area (Å²) in [7, 11) is 0. The van der Waals surface area contributed by atoms with Crippen molar-refractivity contribution in [2.24, 2.45) is 0 Å². The van der Waals surface area contributed by atoms with Crippen LogP contribution in [0.25, 0.3) is 11.3 Å². The molecule has 0 bridgehead atoms. The molecular weight excluding hydrogens is 356 g/mol. The van der Waals surface area contributed by atoms with Crippen molar-refractivity contribution in [1.82, 2.24) is 15.3 Å². The van der Waals surface area contributed by atoms with Gasteiger partial charge in [-0.3, -0.25) is 15.1 Å². The molecular formula is C21H22N4OS. The standard InChI is InChI=1S/C21H22N4OS/c1-14-16(18-7-2-3-10-23-18)5-4-6-17(14)20(26)25-21-24-13-19(27-21)15-8-11-22-12-9-15/h2-7,10,13,15,22H,8-9,11-12H2,1H3,(H,24,25,26). The number of rotatable bonds is 4. The molecule has 0 saturated carbocycles. The summed E-state index contributed by atoms with van der Waals surface area (Å²) in [6.45, 7) is 4.05. The second-order valence-corrected chi connectivity index (χ2v) is 7.80. The van der Waals surface area contributed by atoms with Crippen molar-refractivity contribution in [2.45, 2.75) is 25.7 Å². The molecule has 4 rings (SSSR count). The second-order valence-electron chi connectivity index (χ2n) is 6.74. The number of hydrogen-bond acceptors (Lipinski definition) is 5. The lowest BCUT2D eigenvalue weighted by molar-refractivity contribution is 0.102. The van der Waals surface area contributed by atoms with Crippen LogP contribution in [0.15, 0.2) is 48.8 Å². The maximum absolute atomic E-state index is 12.8. The van der Waals surface area contributed by atoms with Gasteiger partial charge in [-0.1, -0.05) is 18.2 Å². The molecule has 0 spiro atoms. The molecule has 1 fully saturated rings. The maximum atomic E-state index is 12.8. The highest BCUT2D eigenvalue weighted by atomic mass is 32.1. The van der Waals surface area contributed by atoms with Crippen molar-refractivity contribution in [3.8, 4) is 11.3 Å². The molecule has 27 heavy (non-hydrogen) atoms. The van der Waals surface area contributed by atoms with Gasteiger partial charge in [0.05, 0.1) is 5.69 Å². The average Bonchev–Trinajstić information content (AvgIpc) is 3.18. The smallest absolute Gasteiger partial charge is 0.257 e. The van der Waals surface area contributed by atoms with Crippen molar-refractivity contribution < 1.29 is 4.79 Å². The number of amides is 1. The molecule has 1 aliphatic rings. The van der Waals surface area contributed by atoms with Crippen molar-refractivity contribution in [3.63, 3.8) is 0 Å². The van der Waals surface area contributed by atoms with Gasteiger partial charge in [-0.25, -0.2) is 4.98 Å². The number of carbonyl (C=O) groups is 1. The lowest BCUT2D eigenvalue weighted by Crippen LogP contribution is -2.26. The molecule has 0 aliphatic carbocycles. The number of carbonyl (C=O) groups excluding carboxylic acids is 1. The van der Waals surface area contributed by atoms with Crippen LogP contribution in [0, 0.1) is 6.92 Å². The molecule has 1 aliphatic heterocycles. The number of hydrogen-bond donors (Lipinski definition) is 2. The van der Waals surface area contributed by atoms with E-state index in [1.165, 1.54) is 4.88 Å². The van der Waals surface area contributed by atoms with Crippen LogP contribution in [-0.4, -0.2) is 29.0 Å². The monoisotopic (exact) mass is 378 g/mol. The lowest BCUT2D eigenvalue weighted by Gasteiger charge is -2.20. The van der Waals surface area contributed by atoms with Crippen molar-refractivity contribution >= 4 is 22.4 Å². The first-order valence-corrected chi connectivity index (χ1v) is 10.0. The fourth-order valence-electron chi connectivity index (χ4n) is 3.49. The molecule has 3 heterocycles. The Kier molecular flexibility index (Phi) is 5.27. The zero-order valence-corrected chi connectivity index (χ0v) is 16.1. The molecule has 3 aromatic rings. The second kappa shape index (κ2) is 7.98. The normalized spacial score (nSPS) is 14.9. The topological polar surface area (TPSA) is 66.9 Å². The van der Waals surface area contributed by atoms with Gasteiger partial charge in [0.25, 0.3) is 5.91 Å². The zero-order chi connectivity index (χ0) is 18.6. The summed E-state index contributed by atoms with van der Waals surface area (Å²) in [5.41, 5.74) is 3.41. The quantitative estimate of drug-likeness (QED) is 0.713. The minimum absolute atomic E-state index is 0.128. The number of pyridine rings is 1. The fraction of sp³-hybridized carbons (Fsp3) is 0.286. The third kappa shape index (κ3) is 3.91. The van der Waals surface area contributed by atoms with Gasteiger partial charge in [0.1, 0.15) is 0 Å². The van der Waals surface area contributed by atoms with Crippen molar-refractivity contribution in [1.29, 1.82) is 0 Å². The Labute approximate surface area is 162 Å². The molecule has 6 heteroatoms. The first-order chi connectivity index (χ1) is 13.2. The highest BCUT2D eigenvalue weighted by Crippen LogP contribution is 2.32. The molecule has 0 atom stereocenters. The van der Waals surface area contributed by atoms with E-state index < -0.39 is 0 Å². The zero-order valence-electron chi connectivity index (χ0n) is 15.2. The summed E-state index contributed by atoms with van der Waals surface area (Å²) in [6, 6.07) is 11.5. The number of anilines is 1. The summed E-state index contributed by atoms with van der Waals surface area (Å²) in [4.78, 5) is 22.9. The van der Waals surface area contributed by atoms with Gasteiger partial charge in [-0.2, -0.15) is 0 Å². The minimum atomic E-state index is -0.128. The predicted octanol–water partition coefficient (Wildman–Crippen LogP) is 4.23. The Morgan fingerprint density at radius 3 is 2.78 bits per heavy atom. The Hall–Kier alpha value is -2.57. The van der Waals surface area contributed by atoms with Gasteiger partial charge in [0.2, 0.25) is 0 Å². The van der Waals surface area contributed by atoms with E-state index in [2.05, 4.69) is 20.6 Å². The molecule has 5 nitrogen and oxygen atoms in total. The summed E-state index contributed by atoms with van der Waals surface area (Å²) in [6.07, 6.45) is 5.93. The third-order valence-electron chi connectivity index (χ3n) is 5.00. The minimum Gasteiger partial charge on any atom is -0.317 e. The summed E-state index contributed by atoms with van der Waals surface area (Å²) >= 11 is 1.59. The van der Waals surface area contributed by atoms with Crippen molar-refractivity contribution in [2.75, 3.05) is 18.4 Å². The molecule has 0 radical (unpaired) electrons. The van der Waals surface area contributed by atoms with Crippen LogP contribution in [0.4, 0.5) is 5.13 Å². The third-order valence-corrected chi connectivity index (χ3v) is 6.08. The molecule has 2 aromatic heterocycles. The average molecular weight is 379 g/mol. The predicted molar refractivity (Wildman–Crippen MR) is 109 cm³/mol. The van der Waals surface area contributed by atoms with E-state index in [0.29, 0.717) is 16.6 Å². The number of piperidine rings is 1. The van der Waals surface area contributed by atoms with Gasteiger partial charge in [0.15, 0.2) is 5.13 Å². The van der Waals surface area contributed by atoms with E-state index in [0.717, 1.165) is 42.8 Å². The van der Waals surface area contributed by atoms with E-state index in [-0.39, 0.29) is 5.91 Å². The van der Waals surface area contributed by atoms with Crippen LogP contribution in [-0.2, 0) is 0 Å². The molecule has 0 unspecified atom stereocenters. The van der Waals surface area contributed by atoms with Gasteiger partial charge >= 0.3 is 0 Å². The Bertz CT molecular complexity index is 932. The number of thiazole rings is 1. The SMILES string of the molecule is Cc1c(C(=O)Nc2ncc(C3CCNCC3)s2)cccc1-c1ccccn1. The van der Waals surface area contributed by atoms with Crippen LogP contribution >= 0.6 is 11.3 Å². The molecule has 1 saturated heterocycles. The lowest BCUT2D eigenvalue weighted by atomic mass is 9.97. The number of benzene rings is 1. The van der Waals surface area contributed by atoms with Crippen molar-refractivity contribution in [3.05, 3.63) is 64.8 Å². The Balaban J connectivity index is 1.53. The Morgan fingerprint density at radius 2 is 2.00 bits per heavy atom. The highest BCUT2D eigenvalue weighted by Gasteiger charge is 2.19.